The number of thioether (sulfide) groups is 1. The molecule has 0 atom stereocenters. The summed E-state index contributed by atoms with van der Waals surface area (Å²) < 4.78 is 26.8. The monoisotopic (exact) mass is 691 g/mol. The summed E-state index contributed by atoms with van der Waals surface area (Å²) in [5, 5.41) is 8.66. The highest BCUT2D eigenvalue weighted by atomic mass is 35.5. The molecule has 13 heteroatoms. The first kappa shape index (κ1) is 35.5. The minimum Gasteiger partial charge on any atom is -0.495 e. The minimum atomic E-state index is -0.570. The molecule has 0 unspecified atom stereocenters. The number of benzene rings is 4. The van der Waals surface area contributed by atoms with Crippen LogP contribution in [0.4, 0.5) is 11.4 Å². The predicted octanol–water partition coefficient (Wildman–Crippen LogP) is 6.52. The normalized spacial score (nSPS) is 10.8. The van der Waals surface area contributed by atoms with Crippen molar-refractivity contribution in [3.63, 3.8) is 0 Å². The topological polar surface area (TPSA) is 133 Å². The summed E-state index contributed by atoms with van der Waals surface area (Å²) in [6.45, 7) is 0. The number of carbonyl (C=O) groups is 3. The van der Waals surface area contributed by atoms with Gasteiger partial charge in [0.1, 0.15) is 17.2 Å². The summed E-state index contributed by atoms with van der Waals surface area (Å²) >= 11 is 7.51. The summed E-state index contributed by atoms with van der Waals surface area (Å²) in [7, 11) is 7.43. The summed E-state index contributed by atoms with van der Waals surface area (Å²) in [6.07, 6.45) is 1.51. The van der Waals surface area contributed by atoms with Crippen LogP contribution in [0, 0.1) is 0 Å². The molecule has 4 rings (SSSR count). The van der Waals surface area contributed by atoms with E-state index in [0.717, 1.165) is 4.90 Å². The quantitative estimate of drug-likeness (QED) is 0.0998. The lowest BCUT2D eigenvalue weighted by Gasteiger charge is -2.15. The van der Waals surface area contributed by atoms with Crippen LogP contribution >= 0.6 is 23.4 Å². The van der Waals surface area contributed by atoms with Gasteiger partial charge in [0.25, 0.3) is 11.8 Å². The Morgan fingerprint density at radius 1 is 0.729 bits per heavy atom. The number of nitrogens with one attached hydrogen (secondary N) is 3. The van der Waals surface area contributed by atoms with E-state index in [4.69, 9.17) is 35.3 Å². The second-order valence-electron chi connectivity index (χ2n) is 9.84. The maximum absolute atomic E-state index is 13.5. The van der Waals surface area contributed by atoms with Crippen LogP contribution in [0.25, 0.3) is 6.08 Å². The van der Waals surface area contributed by atoms with Crippen molar-refractivity contribution < 1.29 is 38.1 Å². The molecule has 250 valence electrons. The Morgan fingerprint density at radius 3 is 1.94 bits per heavy atom. The third kappa shape index (κ3) is 9.14. The van der Waals surface area contributed by atoms with E-state index >= 15 is 0 Å². The van der Waals surface area contributed by atoms with E-state index < -0.39 is 11.8 Å². The van der Waals surface area contributed by atoms with Crippen LogP contribution in [-0.2, 0) is 9.59 Å². The average molecular weight is 692 g/mol. The Bertz CT molecular complexity index is 1780. The molecule has 0 bridgehead atoms. The van der Waals surface area contributed by atoms with Crippen LogP contribution in [0.2, 0.25) is 5.02 Å². The third-order valence-electron chi connectivity index (χ3n) is 6.76. The Balaban J connectivity index is 1.48. The predicted molar refractivity (Wildman–Crippen MR) is 187 cm³/mol. The molecule has 3 N–H and O–H groups in total. The van der Waals surface area contributed by atoms with Crippen LogP contribution < -0.4 is 39.6 Å². The van der Waals surface area contributed by atoms with Gasteiger partial charge in [0.15, 0.2) is 11.5 Å². The zero-order chi connectivity index (χ0) is 34.6. The molecular formula is C35H34ClN3O8S. The first-order chi connectivity index (χ1) is 23.2. The molecule has 4 aromatic rings. The fourth-order valence-corrected chi connectivity index (χ4v) is 5.36. The van der Waals surface area contributed by atoms with Gasteiger partial charge in [-0.25, -0.2) is 0 Å². The molecule has 0 saturated heterocycles. The molecule has 0 saturated carbocycles. The van der Waals surface area contributed by atoms with Crippen LogP contribution in [0.5, 0.6) is 28.7 Å². The molecule has 0 spiro atoms. The third-order valence-corrected chi connectivity index (χ3v) is 8.06. The molecule has 0 heterocycles. The molecule has 0 fully saturated rings. The first-order valence-electron chi connectivity index (χ1n) is 14.3. The van der Waals surface area contributed by atoms with Gasteiger partial charge in [-0.2, -0.15) is 0 Å². The van der Waals surface area contributed by atoms with Crippen LogP contribution in [-0.4, -0.2) is 59.0 Å². The minimum absolute atomic E-state index is 0.0256. The van der Waals surface area contributed by atoms with Gasteiger partial charge in [-0.15, -0.1) is 11.8 Å². The molecule has 0 aliphatic rings. The number of halogens is 1. The fourth-order valence-electron chi connectivity index (χ4n) is 4.42. The van der Waals surface area contributed by atoms with Crippen molar-refractivity contribution in [2.75, 3.05) is 51.9 Å². The van der Waals surface area contributed by atoms with E-state index in [1.165, 1.54) is 53.4 Å². The van der Waals surface area contributed by atoms with E-state index in [0.29, 0.717) is 56.3 Å². The van der Waals surface area contributed by atoms with Gasteiger partial charge in [0, 0.05) is 22.2 Å². The summed E-state index contributed by atoms with van der Waals surface area (Å²) in [4.78, 5) is 40.1. The summed E-state index contributed by atoms with van der Waals surface area (Å²) in [6, 6.07) is 21.9. The van der Waals surface area contributed by atoms with Crippen molar-refractivity contribution in [1.29, 1.82) is 0 Å². The van der Waals surface area contributed by atoms with Gasteiger partial charge in [-0.05, 0) is 66.2 Å². The lowest BCUT2D eigenvalue weighted by atomic mass is 10.1. The highest BCUT2D eigenvalue weighted by molar-refractivity contribution is 8.00. The van der Waals surface area contributed by atoms with Crippen molar-refractivity contribution >= 4 is 58.5 Å². The lowest BCUT2D eigenvalue weighted by molar-refractivity contribution is -0.114. The molecule has 48 heavy (non-hydrogen) atoms. The Labute approximate surface area is 287 Å². The largest absolute Gasteiger partial charge is 0.495 e. The van der Waals surface area contributed by atoms with Gasteiger partial charge in [0.05, 0.1) is 52.0 Å². The van der Waals surface area contributed by atoms with Gasteiger partial charge >= 0.3 is 0 Å². The second-order valence-corrected chi connectivity index (χ2v) is 11.3. The van der Waals surface area contributed by atoms with Crippen LogP contribution in [0.3, 0.4) is 0 Å². The van der Waals surface area contributed by atoms with Crippen molar-refractivity contribution in [3.8, 4) is 28.7 Å². The number of carbonyl (C=O) groups excluding carboxylic acids is 3. The zero-order valence-corrected chi connectivity index (χ0v) is 28.4. The molecule has 0 aliphatic carbocycles. The van der Waals surface area contributed by atoms with E-state index in [2.05, 4.69) is 16.0 Å². The highest BCUT2D eigenvalue weighted by Gasteiger charge is 2.18. The molecule has 11 nitrogen and oxygen atoms in total. The Morgan fingerprint density at radius 2 is 1.35 bits per heavy atom. The summed E-state index contributed by atoms with van der Waals surface area (Å²) in [5.41, 5.74) is 1.75. The SMILES string of the molecule is COc1cc(OC)c(NC(=O)CSc2ccc(NC(=O)/C(=C/c3cc(OC)c(OC)c(OC)c3)NC(=O)c3ccccc3)cc2)cc1Cl. The maximum atomic E-state index is 13.5. The maximum Gasteiger partial charge on any atom is 0.272 e. The molecular weight excluding hydrogens is 658 g/mol. The smallest absolute Gasteiger partial charge is 0.272 e. The molecule has 4 aromatic carbocycles. The fraction of sp³-hybridized carbons (Fsp3) is 0.171. The molecule has 0 radical (unpaired) electrons. The second kappa shape index (κ2) is 17.0. The average Bonchev–Trinajstić information content (AvgIpc) is 3.10. The van der Waals surface area contributed by atoms with Crippen molar-refractivity contribution in [1.82, 2.24) is 5.32 Å². The highest BCUT2D eigenvalue weighted by Crippen LogP contribution is 2.39. The van der Waals surface area contributed by atoms with Crippen molar-refractivity contribution in [2.24, 2.45) is 0 Å². The lowest BCUT2D eigenvalue weighted by Crippen LogP contribution is -2.30. The summed E-state index contributed by atoms with van der Waals surface area (Å²) in [5.74, 6) is 0.778. The van der Waals surface area contributed by atoms with Gasteiger partial charge in [0.2, 0.25) is 11.7 Å². The zero-order valence-electron chi connectivity index (χ0n) is 26.8. The molecule has 0 aliphatic heterocycles. The molecule has 3 amide bonds. The Hall–Kier alpha value is -5.33. The van der Waals surface area contributed by atoms with E-state index in [1.54, 1.807) is 78.9 Å². The standard InChI is InChI=1S/C35H34ClN3O8S/c1-43-28-19-29(44-2)26(18-25(28)36)38-32(40)20-48-24-13-11-23(12-14-24)37-35(42)27(39-34(41)22-9-7-6-8-10-22)15-21-16-30(45-3)33(47-5)31(17-21)46-4/h6-19H,20H2,1-5H3,(H,37,42)(H,38,40)(H,39,41)/b27-15-. The van der Waals surface area contributed by atoms with Crippen LogP contribution in [0.1, 0.15) is 15.9 Å². The number of methoxy groups -OCH3 is 5. The van der Waals surface area contributed by atoms with E-state index in [9.17, 15) is 14.4 Å². The first-order valence-corrected chi connectivity index (χ1v) is 15.7. The van der Waals surface area contributed by atoms with Crippen molar-refractivity contribution in [2.45, 2.75) is 4.90 Å². The van der Waals surface area contributed by atoms with Crippen LogP contribution in [0.15, 0.2) is 89.5 Å². The number of hydrogen-bond donors (Lipinski definition) is 3. The van der Waals surface area contributed by atoms with E-state index in [-0.39, 0.29) is 17.4 Å². The Kier molecular flexibility index (Phi) is 12.6. The van der Waals surface area contributed by atoms with E-state index in [1.807, 2.05) is 0 Å². The number of ether oxygens (including phenoxy) is 5. The number of anilines is 2. The van der Waals surface area contributed by atoms with Gasteiger partial charge in [-0.1, -0.05) is 29.8 Å². The number of amides is 3. The van der Waals surface area contributed by atoms with Gasteiger partial charge in [-0.3, -0.25) is 14.4 Å². The molecule has 0 aromatic heterocycles. The number of hydrogen-bond acceptors (Lipinski definition) is 9. The number of rotatable bonds is 14. The van der Waals surface area contributed by atoms with Crippen molar-refractivity contribution in [3.05, 3.63) is 101 Å². The van der Waals surface area contributed by atoms with Gasteiger partial charge < -0.3 is 39.6 Å².